The Morgan fingerprint density at radius 3 is 2.67 bits per heavy atom. The highest BCUT2D eigenvalue weighted by atomic mass is 35.5. The Balaban J connectivity index is 2.46. The quantitative estimate of drug-likeness (QED) is 0.676. The molecule has 0 unspecified atom stereocenters. The van der Waals surface area contributed by atoms with E-state index in [0.717, 1.165) is 22.6 Å². The molecule has 0 bridgehead atoms. The van der Waals surface area contributed by atoms with Crippen molar-refractivity contribution in [3.05, 3.63) is 51.3 Å². The van der Waals surface area contributed by atoms with Crippen molar-refractivity contribution in [3.8, 4) is 5.69 Å². The van der Waals surface area contributed by atoms with Crippen LogP contribution >= 0.6 is 23.2 Å². The molecule has 1 N–H and O–H groups in total. The van der Waals surface area contributed by atoms with Gasteiger partial charge in [0.25, 0.3) is 0 Å². The van der Waals surface area contributed by atoms with E-state index in [0.29, 0.717) is 10.0 Å². The summed E-state index contributed by atoms with van der Waals surface area (Å²) >= 11 is 12.3. The fourth-order valence-electron chi connectivity index (χ4n) is 2.14. The first kappa shape index (κ1) is 15.6. The fraction of sp³-hybridized carbons (Fsp3) is 0.200. The number of halogens is 2. The molecular formula is C15H15Cl2N3O. The van der Waals surface area contributed by atoms with Crippen molar-refractivity contribution in [2.24, 2.45) is 5.10 Å². The van der Waals surface area contributed by atoms with Gasteiger partial charge in [0.2, 0.25) is 5.91 Å². The van der Waals surface area contributed by atoms with Crippen molar-refractivity contribution < 1.29 is 4.79 Å². The number of nitrogens with zero attached hydrogens (tertiary/aromatic N) is 2. The van der Waals surface area contributed by atoms with Gasteiger partial charge in [-0.1, -0.05) is 23.2 Å². The van der Waals surface area contributed by atoms with E-state index in [1.54, 1.807) is 18.3 Å². The van der Waals surface area contributed by atoms with E-state index in [4.69, 9.17) is 23.2 Å². The standard InChI is InChI=1S/C15H15Cl2N3O/c1-9-6-12(8-18-19-11(3)21)10(2)20(9)15-7-13(16)4-5-14(15)17/h4-8H,1-3H3,(H,19,21). The number of hydrogen-bond acceptors (Lipinski definition) is 2. The zero-order valence-electron chi connectivity index (χ0n) is 11.9. The van der Waals surface area contributed by atoms with E-state index in [-0.39, 0.29) is 5.91 Å². The molecule has 1 heterocycles. The van der Waals surface area contributed by atoms with Crippen molar-refractivity contribution in [2.75, 3.05) is 0 Å². The van der Waals surface area contributed by atoms with Gasteiger partial charge < -0.3 is 4.57 Å². The second-order valence-corrected chi connectivity index (χ2v) is 5.53. The molecule has 0 saturated heterocycles. The zero-order valence-corrected chi connectivity index (χ0v) is 13.5. The van der Waals surface area contributed by atoms with Crippen molar-refractivity contribution >= 4 is 35.3 Å². The Kier molecular flexibility index (Phi) is 4.70. The number of aromatic nitrogens is 1. The highest BCUT2D eigenvalue weighted by Crippen LogP contribution is 2.28. The summed E-state index contributed by atoms with van der Waals surface area (Å²) in [5, 5.41) is 5.13. The third-order valence-electron chi connectivity index (χ3n) is 3.04. The number of hydrogen-bond donors (Lipinski definition) is 1. The molecule has 0 saturated carbocycles. The number of rotatable bonds is 3. The predicted molar refractivity (Wildman–Crippen MR) is 86.7 cm³/mol. The first-order valence-electron chi connectivity index (χ1n) is 6.34. The molecule has 0 aliphatic carbocycles. The van der Waals surface area contributed by atoms with Gasteiger partial charge in [-0.3, -0.25) is 4.79 Å². The number of aryl methyl sites for hydroxylation is 1. The maximum absolute atomic E-state index is 10.8. The maximum atomic E-state index is 10.8. The summed E-state index contributed by atoms with van der Waals surface area (Å²) in [6.07, 6.45) is 1.61. The smallest absolute Gasteiger partial charge is 0.236 e. The largest absolute Gasteiger partial charge is 0.316 e. The van der Waals surface area contributed by atoms with Crippen molar-refractivity contribution in [1.29, 1.82) is 0 Å². The van der Waals surface area contributed by atoms with Crippen LogP contribution in [0.25, 0.3) is 5.69 Å². The first-order valence-corrected chi connectivity index (χ1v) is 7.09. The van der Waals surface area contributed by atoms with E-state index in [1.165, 1.54) is 6.92 Å². The minimum Gasteiger partial charge on any atom is -0.316 e. The van der Waals surface area contributed by atoms with Crippen LogP contribution in [0.4, 0.5) is 0 Å². The highest BCUT2D eigenvalue weighted by molar-refractivity contribution is 6.34. The Labute approximate surface area is 133 Å². The van der Waals surface area contributed by atoms with E-state index in [9.17, 15) is 4.79 Å². The number of amides is 1. The summed E-state index contributed by atoms with van der Waals surface area (Å²) in [5.74, 6) is -0.210. The van der Waals surface area contributed by atoms with Crippen LogP contribution in [0.15, 0.2) is 29.4 Å². The molecule has 4 nitrogen and oxygen atoms in total. The second-order valence-electron chi connectivity index (χ2n) is 4.68. The highest BCUT2D eigenvalue weighted by Gasteiger charge is 2.12. The molecule has 110 valence electrons. The number of carbonyl (C=O) groups is 1. The third kappa shape index (κ3) is 3.46. The molecule has 0 radical (unpaired) electrons. The number of hydrazone groups is 1. The minimum atomic E-state index is -0.210. The van der Waals surface area contributed by atoms with Gasteiger partial charge in [0.1, 0.15) is 0 Å². The van der Waals surface area contributed by atoms with Gasteiger partial charge in [-0.15, -0.1) is 0 Å². The Morgan fingerprint density at radius 2 is 2.00 bits per heavy atom. The summed E-state index contributed by atoms with van der Waals surface area (Å²) in [7, 11) is 0. The van der Waals surface area contributed by atoms with Gasteiger partial charge in [-0.2, -0.15) is 5.10 Å². The van der Waals surface area contributed by atoms with Gasteiger partial charge in [-0.05, 0) is 38.1 Å². The maximum Gasteiger partial charge on any atom is 0.236 e. The molecule has 21 heavy (non-hydrogen) atoms. The monoisotopic (exact) mass is 323 g/mol. The van der Waals surface area contributed by atoms with E-state index in [2.05, 4.69) is 10.5 Å². The number of nitrogens with one attached hydrogen (secondary N) is 1. The fourth-order valence-corrected chi connectivity index (χ4v) is 2.51. The average Bonchev–Trinajstić information content (AvgIpc) is 2.67. The van der Waals surface area contributed by atoms with E-state index < -0.39 is 0 Å². The minimum absolute atomic E-state index is 0.210. The Bertz CT molecular complexity index is 720. The second kappa shape index (κ2) is 6.33. The zero-order chi connectivity index (χ0) is 15.6. The van der Waals surface area contributed by atoms with E-state index >= 15 is 0 Å². The van der Waals surface area contributed by atoms with Gasteiger partial charge in [-0.25, -0.2) is 5.43 Å². The normalized spacial score (nSPS) is 11.1. The van der Waals surface area contributed by atoms with Crippen LogP contribution in [0.2, 0.25) is 10.0 Å². The molecule has 6 heteroatoms. The van der Waals surface area contributed by atoms with Crippen LogP contribution in [-0.2, 0) is 4.79 Å². The van der Waals surface area contributed by atoms with Crippen molar-refractivity contribution in [3.63, 3.8) is 0 Å². The average molecular weight is 324 g/mol. The summed E-state index contributed by atoms with van der Waals surface area (Å²) in [4.78, 5) is 10.8. The summed E-state index contributed by atoms with van der Waals surface area (Å²) < 4.78 is 2.00. The molecule has 0 fully saturated rings. The molecule has 0 aliphatic heterocycles. The van der Waals surface area contributed by atoms with Crippen LogP contribution in [-0.4, -0.2) is 16.7 Å². The van der Waals surface area contributed by atoms with Crippen LogP contribution in [0.5, 0.6) is 0 Å². The third-order valence-corrected chi connectivity index (χ3v) is 3.60. The van der Waals surface area contributed by atoms with Crippen molar-refractivity contribution in [2.45, 2.75) is 20.8 Å². The molecule has 1 amide bonds. The lowest BCUT2D eigenvalue weighted by Crippen LogP contribution is -2.12. The molecule has 1 aromatic heterocycles. The molecular weight excluding hydrogens is 309 g/mol. The van der Waals surface area contributed by atoms with E-state index in [1.807, 2.05) is 30.5 Å². The predicted octanol–water partition coefficient (Wildman–Crippen LogP) is 3.87. The lowest BCUT2D eigenvalue weighted by atomic mass is 10.2. The van der Waals surface area contributed by atoms with Crippen LogP contribution < -0.4 is 5.43 Å². The Morgan fingerprint density at radius 1 is 1.29 bits per heavy atom. The Hall–Kier alpha value is -1.78. The lowest BCUT2D eigenvalue weighted by molar-refractivity contribution is -0.118. The van der Waals surface area contributed by atoms with Crippen LogP contribution in [0.1, 0.15) is 23.9 Å². The molecule has 0 spiro atoms. The molecule has 0 aliphatic rings. The topological polar surface area (TPSA) is 46.4 Å². The van der Waals surface area contributed by atoms with Crippen LogP contribution in [0.3, 0.4) is 0 Å². The van der Waals surface area contributed by atoms with Gasteiger partial charge in [0.15, 0.2) is 0 Å². The molecule has 2 rings (SSSR count). The molecule has 2 aromatic rings. The summed E-state index contributed by atoms with van der Waals surface area (Å²) in [6, 6.07) is 7.31. The molecule has 0 atom stereocenters. The summed E-state index contributed by atoms with van der Waals surface area (Å²) in [5.41, 5.74) is 6.07. The summed E-state index contributed by atoms with van der Waals surface area (Å²) in [6.45, 7) is 5.34. The lowest BCUT2D eigenvalue weighted by Gasteiger charge is -2.12. The number of benzene rings is 1. The van der Waals surface area contributed by atoms with Gasteiger partial charge in [0.05, 0.1) is 16.9 Å². The van der Waals surface area contributed by atoms with Gasteiger partial charge >= 0.3 is 0 Å². The van der Waals surface area contributed by atoms with Crippen LogP contribution in [0, 0.1) is 13.8 Å². The first-order chi connectivity index (χ1) is 9.90. The van der Waals surface area contributed by atoms with Crippen molar-refractivity contribution in [1.82, 2.24) is 9.99 Å². The van der Waals surface area contributed by atoms with Gasteiger partial charge in [0, 0.05) is 28.9 Å². The molecule has 1 aromatic carbocycles. The SMILES string of the molecule is CC(=O)NN=Cc1cc(C)n(-c2cc(Cl)ccc2Cl)c1C. The number of carbonyl (C=O) groups excluding carboxylic acids is 1.